The van der Waals surface area contributed by atoms with Gasteiger partial charge in [-0.3, -0.25) is 4.79 Å². The molecule has 6 nitrogen and oxygen atoms in total. The van der Waals surface area contributed by atoms with Crippen molar-refractivity contribution in [2.75, 3.05) is 14.1 Å². The number of carbonyl (C=O) groups excluding carboxylic acids is 1. The first-order valence-corrected chi connectivity index (χ1v) is 6.72. The molecule has 0 spiro atoms. The van der Waals surface area contributed by atoms with Gasteiger partial charge in [0, 0.05) is 25.0 Å². The van der Waals surface area contributed by atoms with E-state index in [9.17, 15) is 17.6 Å². The van der Waals surface area contributed by atoms with Crippen molar-refractivity contribution in [3.8, 4) is 0 Å². The molecule has 0 atom stereocenters. The minimum absolute atomic E-state index is 0.0995. The van der Waals surface area contributed by atoms with E-state index in [1.54, 1.807) is 0 Å². The van der Waals surface area contributed by atoms with Gasteiger partial charge in [-0.2, -0.15) is 0 Å². The fraction of sp³-hybridized carbons (Fsp3) is 0.182. The lowest BCUT2D eigenvalue weighted by molar-refractivity contribution is 0.0993. The van der Waals surface area contributed by atoms with Crippen molar-refractivity contribution in [1.82, 2.24) is 9.29 Å². The van der Waals surface area contributed by atoms with E-state index in [4.69, 9.17) is 5.73 Å². The van der Waals surface area contributed by atoms with Crippen LogP contribution in [-0.4, -0.2) is 37.7 Å². The summed E-state index contributed by atoms with van der Waals surface area (Å²) in [4.78, 5) is 13.7. The summed E-state index contributed by atoms with van der Waals surface area (Å²) in [6.45, 7) is 0. The highest BCUT2D eigenvalue weighted by molar-refractivity contribution is 7.89. The second kappa shape index (κ2) is 4.32. The third-order valence-corrected chi connectivity index (χ3v) is 4.60. The Morgan fingerprint density at radius 2 is 2.00 bits per heavy atom. The number of carbonyl (C=O) groups is 1. The maximum atomic E-state index is 13.3. The molecule has 1 heterocycles. The maximum absolute atomic E-state index is 13.3. The van der Waals surface area contributed by atoms with Crippen LogP contribution in [0, 0.1) is 5.82 Å². The lowest BCUT2D eigenvalue weighted by Crippen LogP contribution is -2.25. The number of benzene rings is 1. The van der Waals surface area contributed by atoms with E-state index in [1.807, 2.05) is 0 Å². The van der Waals surface area contributed by atoms with E-state index >= 15 is 0 Å². The van der Waals surface area contributed by atoms with Crippen LogP contribution in [0.15, 0.2) is 23.1 Å². The van der Waals surface area contributed by atoms with E-state index in [2.05, 4.69) is 4.98 Å². The molecular weight excluding hydrogens is 273 g/mol. The molecule has 0 saturated heterocycles. The van der Waals surface area contributed by atoms with Crippen LogP contribution in [0.25, 0.3) is 10.9 Å². The quantitative estimate of drug-likeness (QED) is 0.866. The molecule has 0 radical (unpaired) electrons. The topological polar surface area (TPSA) is 96.3 Å². The molecule has 0 fully saturated rings. The van der Waals surface area contributed by atoms with E-state index in [0.717, 1.165) is 16.4 Å². The van der Waals surface area contributed by atoms with Crippen LogP contribution in [-0.2, 0) is 10.0 Å². The molecule has 0 bridgehead atoms. The Bertz CT molecular complexity index is 765. The predicted octanol–water partition coefficient (Wildman–Crippen LogP) is 0.656. The number of hydrogen-bond donors (Lipinski definition) is 2. The molecular formula is C11H12FN3O3S. The molecule has 1 aromatic carbocycles. The lowest BCUT2D eigenvalue weighted by Gasteiger charge is -2.11. The van der Waals surface area contributed by atoms with Crippen molar-refractivity contribution >= 4 is 26.8 Å². The zero-order chi connectivity index (χ0) is 14.4. The second-order valence-electron chi connectivity index (χ2n) is 4.17. The number of aromatic nitrogens is 1. The van der Waals surface area contributed by atoms with E-state index in [0.29, 0.717) is 5.52 Å². The molecule has 1 amide bonds. The van der Waals surface area contributed by atoms with Crippen LogP contribution < -0.4 is 5.73 Å². The zero-order valence-corrected chi connectivity index (χ0v) is 11.1. The fourth-order valence-corrected chi connectivity index (χ4v) is 2.98. The third kappa shape index (κ3) is 2.08. The Morgan fingerprint density at radius 1 is 1.37 bits per heavy atom. The van der Waals surface area contributed by atoms with Gasteiger partial charge in [-0.25, -0.2) is 17.1 Å². The molecule has 2 rings (SSSR count). The predicted molar refractivity (Wildman–Crippen MR) is 67.6 cm³/mol. The van der Waals surface area contributed by atoms with Gasteiger partial charge in [-0.05, 0) is 18.2 Å². The number of hydrogen-bond acceptors (Lipinski definition) is 3. The molecule has 0 aliphatic carbocycles. The molecule has 19 heavy (non-hydrogen) atoms. The van der Waals surface area contributed by atoms with Crippen molar-refractivity contribution in [2.24, 2.45) is 5.73 Å². The van der Waals surface area contributed by atoms with E-state index in [1.165, 1.54) is 20.2 Å². The molecule has 102 valence electrons. The summed E-state index contributed by atoms with van der Waals surface area (Å²) in [7, 11) is -1.28. The number of amides is 1. The number of sulfonamides is 1. The van der Waals surface area contributed by atoms with Crippen molar-refractivity contribution < 1.29 is 17.6 Å². The molecule has 0 aliphatic heterocycles. The molecule has 0 unspecified atom stereocenters. The van der Waals surface area contributed by atoms with Gasteiger partial charge in [0.05, 0.1) is 0 Å². The Hall–Kier alpha value is -1.93. The van der Waals surface area contributed by atoms with Crippen LogP contribution >= 0.6 is 0 Å². The Labute approximate surface area is 109 Å². The SMILES string of the molecule is CN(C)S(=O)(=O)c1c(C(N)=O)[nH]c2ccc(F)cc12. The summed E-state index contributed by atoms with van der Waals surface area (Å²) in [6.07, 6.45) is 0. The average molecular weight is 285 g/mol. The standard InChI is InChI=1S/C11H12FN3O3S/c1-15(2)19(17,18)10-7-5-6(12)3-4-8(7)14-9(10)11(13)16/h3-5,14H,1-2H3,(H2,13,16). The van der Waals surface area contributed by atoms with Gasteiger partial charge < -0.3 is 10.7 Å². The number of fused-ring (bicyclic) bond motifs is 1. The normalized spacial score (nSPS) is 12.2. The number of nitrogens with zero attached hydrogens (tertiary/aromatic N) is 1. The van der Waals surface area contributed by atoms with Crippen LogP contribution in [0.1, 0.15) is 10.5 Å². The van der Waals surface area contributed by atoms with Crippen molar-refractivity contribution in [3.05, 3.63) is 29.7 Å². The Morgan fingerprint density at radius 3 is 2.53 bits per heavy atom. The minimum Gasteiger partial charge on any atom is -0.364 e. The summed E-state index contributed by atoms with van der Waals surface area (Å²) in [5.74, 6) is -1.52. The van der Waals surface area contributed by atoms with Gasteiger partial charge in [0.25, 0.3) is 5.91 Å². The van der Waals surface area contributed by atoms with Crippen molar-refractivity contribution in [3.63, 3.8) is 0 Å². The van der Waals surface area contributed by atoms with Crippen LogP contribution in [0.3, 0.4) is 0 Å². The van der Waals surface area contributed by atoms with Crippen LogP contribution in [0.5, 0.6) is 0 Å². The molecule has 1 aromatic heterocycles. The van der Waals surface area contributed by atoms with Crippen molar-refractivity contribution in [2.45, 2.75) is 4.90 Å². The summed E-state index contributed by atoms with van der Waals surface area (Å²) >= 11 is 0. The molecule has 0 aliphatic rings. The number of nitrogens with one attached hydrogen (secondary N) is 1. The van der Waals surface area contributed by atoms with Gasteiger partial charge in [-0.15, -0.1) is 0 Å². The first-order chi connectivity index (χ1) is 8.75. The fourth-order valence-electron chi connectivity index (χ4n) is 1.76. The monoisotopic (exact) mass is 285 g/mol. The number of nitrogens with two attached hydrogens (primary N) is 1. The van der Waals surface area contributed by atoms with E-state index < -0.39 is 21.7 Å². The number of aromatic amines is 1. The van der Waals surface area contributed by atoms with Crippen LogP contribution in [0.2, 0.25) is 0 Å². The van der Waals surface area contributed by atoms with Gasteiger partial charge >= 0.3 is 0 Å². The highest BCUT2D eigenvalue weighted by Crippen LogP contribution is 2.29. The van der Waals surface area contributed by atoms with Gasteiger partial charge in [0.15, 0.2) is 0 Å². The summed E-state index contributed by atoms with van der Waals surface area (Å²) in [5.41, 5.74) is 5.24. The van der Waals surface area contributed by atoms with Gasteiger partial charge in [0.2, 0.25) is 10.0 Å². The smallest absolute Gasteiger partial charge is 0.266 e. The average Bonchev–Trinajstić information content (AvgIpc) is 2.67. The van der Waals surface area contributed by atoms with Gasteiger partial charge in [-0.1, -0.05) is 0 Å². The molecule has 8 heteroatoms. The summed E-state index contributed by atoms with van der Waals surface area (Å²) in [5, 5.41) is 0.0995. The lowest BCUT2D eigenvalue weighted by atomic mass is 10.2. The summed E-state index contributed by atoms with van der Waals surface area (Å²) < 4.78 is 38.7. The zero-order valence-electron chi connectivity index (χ0n) is 10.3. The van der Waals surface area contributed by atoms with Gasteiger partial charge in [0.1, 0.15) is 16.4 Å². The first kappa shape index (κ1) is 13.5. The molecule has 0 saturated carbocycles. The number of primary amides is 1. The Balaban J connectivity index is 2.94. The maximum Gasteiger partial charge on any atom is 0.266 e. The van der Waals surface area contributed by atoms with Crippen molar-refractivity contribution in [1.29, 1.82) is 0 Å². The molecule has 3 N–H and O–H groups in total. The minimum atomic E-state index is -3.92. The highest BCUT2D eigenvalue weighted by Gasteiger charge is 2.28. The van der Waals surface area contributed by atoms with E-state index in [-0.39, 0.29) is 16.0 Å². The largest absolute Gasteiger partial charge is 0.364 e. The van der Waals surface area contributed by atoms with Crippen LogP contribution in [0.4, 0.5) is 4.39 Å². The molecule has 2 aromatic rings. The summed E-state index contributed by atoms with van der Waals surface area (Å²) in [6, 6.07) is 3.57. The Kier molecular flexibility index (Phi) is 3.07. The first-order valence-electron chi connectivity index (χ1n) is 5.28. The highest BCUT2D eigenvalue weighted by atomic mass is 32.2. The second-order valence-corrected chi connectivity index (χ2v) is 6.26. The number of H-pyrrole nitrogens is 1. The number of halogens is 1. The third-order valence-electron chi connectivity index (χ3n) is 2.70. The number of rotatable bonds is 3.